The first-order valence-corrected chi connectivity index (χ1v) is 7.94. The van der Waals surface area contributed by atoms with E-state index >= 15 is 0 Å². The number of nitrogens with zero attached hydrogens (tertiary/aromatic N) is 1. The molecule has 3 nitrogen and oxygen atoms in total. The Kier molecular flexibility index (Phi) is 4.47. The average molecular weight is 307 g/mol. The van der Waals surface area contributed by atoms with Crippen LogP contribution < -0.4 is 10.3 Å². The minimum Gasteiger partial charge on any atom is -0.494 e. The Balaban J connectivity index is 1.71. The first-order chi connectivity index (χ1) is 11.1. The molecule has 23 heavy (non-hydrogen) atoms. The van der Waals surface area contributed by atoms with Gasteiger partial charge >= 0.3 is 0 Å². The molecule has 0 bridgehead atoms. The van der Waals surface area contributed by atoms with Crippen LogP contribution in [0.3, 0.4) is 0 Å². The average Bonchev–Trinajstić information content (AvgIpc) is 2.54. The second-order valence-corrected chi connectivity index (χ2v) is 5.85. The van der Waals surface area contributed by atoms with Crippen molar-refractivity contribution in [3.05, 3.63) is 76.1 Å². The standard InChI is InChI=1S/C20H21NO2/c1-15-7-5-8-17(13-15)23-12-6-11-21-19-10-4-3-9-18(19)16(2)14-20(21)22/h3-5,7-10,13-14H,6,11-12H2,1-2H3. The summed E-state index contributed by atoms with van der Waals surface area (Å²) in [6, 6.07) is 17.8. The van der Waals surface area contributed by atoms with Crippen LogP contribution in [0.2, 0.25) is 0 Å². The Morgan fingerprint density at radius 1 is 1.00 bits per heavy atom. The lowest BCUT2D eigenvalue weighted by Gasteiger charge is -2.12. The summed E-state index contributed by atoms with van der Waals surface area (Å²) in [7, 11) is 0. The Hall–Kier alpha value is -2.55. The van der Waals surface area contributed by atoms with Gasteiger partial charge in [0.2, 0.25) is 0 Å². The molecule has 3 rings (SSSR count). The molecular formula is C20H21NO2. The molecular weight excluding hydrogens is 286 g/mol. The van der Waals surface area contributed by atoms with E-state index in [9.17, 15) is 4.79 Å². The number of hydrogen-bond donors (Lipinski definition) is 0. The van der Waals surface area contributed by atoms with Gasteiger partial charge in [-0.25, -0.2) is 0 Å². The van der Waals surface area contributed by atoms with Gasteiger partial charge in [0.1, 0.15) is 5.75 Å². The van der Waals surface area contributed by atoms with Gasteiger partial charge in [-0.2, -0.15) is 0 Å². The number of aromatic nitrogens is 1. The van der Waals surface area contributed by atoms with Crippen molar-refractivity contribution in [2.45, 2.75) is 26.8 Å². The molecule has 0 radical (unpaired) electrons. The number of ether oxygens (including phenoxy) is 1. The highest BCUT2D eigenvalue weighted by molar-refractivity contribution is 5.82. The van der Waals surface area contributed by atoms with Crippen LogP contribution in [0.25, 0.3) is 10.9 Å². The summed E-state index contributed by atoms with van der Waals surface area (Å²) in [6.45, 7) is 5.28. The summed E-state index contributed by atoms with van der Waals surface area (Å²) in [5, 5.41) is 1.13. The lowest BCUT2D eigenvalue weighted by molar-refractivity contribution is 0.302. The van der Waals surface area contributed by atoms with Crippen LogP contribution in [0.15, 0.2) is 59.4 Å². The lowest BCUT2D eigenvalue weighted by Crippen LogP contribution is -2.21. The van der Waals surface area contributed by atoms with Crippen molar-refractivity contribution in [1.29, 1.82) is 0 Å². The molecule has 0 N–H and O–H groups in total. The molecule has 0 aliphatic carbocycles. The van der Waals surface area contributed by atoms with E-state index in [0.717, 1.165) is 28.6 Å². The third-order valence-electron chi connectivity index (χ3n) is 4.01. The predicted octanol–water partition coefficient (Wildman–Crippen LogP) is 4.09. The molecule has 3 heteroatoms. The maximum atomic E-state index is 12.3. The van der Waals surface area contributed by atoms with Crippen LogP contribution in [0.5, 0.6) is 5.75 Å². The third kappa shape index (κ3) is 3.45. The maximum Gasteiger partial charge on any atom is 0.251 e. The van der Waals surface area contributed by atoms with Crippen molar-refractivity contribution in [2.24, 2.45) is 0 Å². The van der Waals surface area contributed by atoms with Gasteiger partial charge in [-0.15, -0.1) is 0 Å². The molecule has 0 aliphatic heterocycles. The second-order valence-electron chi connectivity index (χ2n) is 5.85. The molecule has 3 aromatic rings. The number of aryl methyl sites for hydroxylation is 3. The van der Waals surface area contributed by atoms with Gasteiger partial charge < -0.3 is 9.30 Å². The lowest BCUT2D eigenvalue weighted by atomic mass is 10.1. The van der Waals surface area contributed by atoms with E-state index in [1.807, 2.05) is 60.9 Å². The Bertz CT molecular complexity index is 880. The van der Waals surface area contributed by atoms with Crippen molar-refractivity contribution in [3.63, 3.8) is 0 Å². The monoisotopic (exact) mass is 307 g/mol. The van der Waals surface area contributed by atoms with Gasteiger partial charge in [-0.1, -0.05) is 30.3 Å². The first-order valence-electron chi connectivity index (χ1n) is 7.94. The number of rotatable bonds is 5. The van der Waals surface area contributed by atoms with E-state index in [1.54, 1.807) is 6.07 Å². The summed E-state index contributed by atoms with van der Waals surface area (Å²) in [4.78, 5) is 12.3. The highest BCUT2D eigenvalue weighted by Crippen LogP contribution is 2.16. The fourth-order valence-electron chi connectivity index (χ4n) is 2.85. The number of benzene rings is 2. The van der Waals surface area contributed by atoms with Crippen molar-refractivity contribution >= 4 is 10.9 Å². The molecule has 0 aliphatic rings. The highest BCUT2D eigenvalue weighted by atomic mass is 16.5. The van der Waals surface area contributed by atoms with Crippen molar-refractivity contribution in [1.82, 2.24) is 4.57 Å². The molecule has 0 saturated carbocycles. The topological polar surface area (TPSA) is 31.2 Å². The van der Waals surface area contributed by atoms with E-state index < -0.39 is 0 Å². The number of para-hydroxylation sites is 1. The minimum absolute atomic E-state index is 0.0526. The zero-order valence-electron chi connectivity index (χ0n) is 13.6. The van der Waals surface area contributed by atoms with Gasteiger partial charge in [-0.05, 0) is 49.6 Å². The predicted molar refractivity (Wildman–Crippen MR) is 94.2 cm³/mol. The molecule has 0 unspecified atom stereocenters. The van der Waals surface area contributed by atoms with E-state index in [-0.39, 0.29) is 5.56 Å². The van der Waals surface area contributed by atoms with Crippen LogP contribution in [0.1, 0.15) is 17.5 Å². The van der Waals surface area contributed by atoms with Crippen LogP contribution >= 0.6 is 0 Å². The fourth-order valence-corrected chi connectivity index (χ4v) is 2.85. The van der Waals surface area contributed by atoms with Crippen molar-refractivity contribution in [3.8, 4) is 5.75 Å². The van der Waals surface area contributed by atoms with Crippen molar-refractivity contribution in [2.75, 3.05) is 6.61 Å². The van der Waals surface area contributed by atoms with Crippen molar-refractivity contribution < 1.29 is 4.74 Å². The molecule has 118 valence electrons. The Morgan fingerprint density at radius 2 is 1.83 bits per heavy atom. The van der Waals surface area contributed by atoms with Crippen LogP contribution in [0, 0.1) is 13.8 Å². The highest BCUT2D eigenvalue weighted by Gasteiger charge is 2.05. The molecule has 0 amide bonds. The molecule has 0 fully saturated rings. The number of pyridine rings is 1. The molecule has 2 aromatic carbocycles. The normalized spacial score (nSPS) is 10.9. The Morgan fingerprint density at radius 3 is 2.65 bits per heavy atom. The summed E-state index contributed by atoms with van der Waals surface area (Å²) >= 11 is 0. The van der Waals surface area contributed by atoms with E-state index in [1.165, 1.54) is 5.56 Å². The van der Waals surface area contributed by atoms with Gasteiger partial charge in [0.05, 0.1) is 12.1 Å². The first kappa shape index (κ1) is 15.3. The van der Waals surface area contributed by atoms with Crippen LogP contribution in [-0.2, 0) is 6.54 Å². The second kappa shape index (κ2) is 6.69. The summed E-state index contributed by atoms with van der Waals surface area (Å²) in [5.74, 6) is 0.881. The SMILES string of the molecule is Cc1cccc(OCCCn2c(=O)cc(C)c3ccccc32)c1. The molecule has 0 atom stereocenters. The van der Waals surface area contributed by atoms with Gasteiger partial charge in [0, 0.05) is 18.0 Å². The summed E-state index contributed by atoms with van der Waals surface area (Å²) in [5.41, 5.74) is 3.26. The summed E-state index contributed by atoms with van der Waals surface area (Å²) < 4.78 is 7.60. The smallest absolute Gasteiger partial charge is 0.251 e. The van der Waals surface area contributed by atoms with Crippen LogP contribution in [0.4, 0.5) is 0 Å². The third-order valence-corrected chi connectivity index (χ3v) is 4.01. The summed E-state index contributed by atoms with van der Waals surface area (Å²) in [6.07, 6.45) is 0.793. The molecule has 1 aromatic heterocycles. The molecule has 0 spiro atoms. The maximum absolute atomic E-state index is 12.3. The molecule has 1 heterocycles. The minimum atomic E-state index is 0.0526. The fraction of sp³-hybridized carbons (Fsp3) is 0.250. The number of fused-ring (bicyclic) bond motifs is 1. The van der Waals surface area contributed by atoms with Crippen LogP contribution in [-0.4, -0.2) is 11.2 Å². The Labute approximate surface area is 136 Å². The number of hydrogen-bond acceptors (Lipinski definition) is 2. The zero-order valence-corrected chi connectivity index (χ0v) is 13.6. The van der Waals surface area contributed by atoms with Gasteiger partial charge in [-0.3, -0.25) is 4.79 Å². The van der Waals surface area contributed by atoms with E-state index in [2.05, 4.69) is 6.07 Å². The largest absolute Gasteiger partial charge is 0.494 e. The van der Waals surface area contributed by atoms with E-state index in [0.29, 0.717) is 13.2 Å². The van der Waals surface area contributed by atoms with E-state index in [4.69, 9.17) is 4.74 Å². The van der Waals surface area contributed by atoms with Gasteiger partial charge in [0.15, 0.2) is 0 Å². The zero-order chi connectivity index (χ0) is 16.2. The quantitative estimate of drug-likeness (QED) is 0.665. The molecule has 0 saturated heterocycles. The van der Waals surface area contributed by atoms with Gasteiger partial charge in [0.25, 0.3) is 5.56 Å².